The highest BCUT2D eigenvalue weighted by Gasteiger charge is 2.09. The van der Waals surface area contributed by atoms with Gasteiger partial charge in [0.05, 0.1) is 0 Å². The molecule has 0 spiro atoms. The number of aromatic nitrogens is 3. The summed E-state index contributed by atoms with van der Waals surface area (Å²) in [6, 6.07) is 8.75. The zero-order chi connectivity index (χ0) is 15.7. The van der Waals surface area contributed by atoms with Crippen LogP contribution in [0.25, 0.3) is 11.0 Å². The number of aryl methyl sites for hydroxylation is 1. The van der Waals surface area contributed by atoms with Crippen LogP contribution in [0.1, 0.15) is 31.5 Å². The van der Waals surface area contributed by atoms with E-state index in [0.29, 0.717) is 17.2 Å². The second-order valence-corrected chi connectivity index (χ2v) is 5.36. The first-order chi connectivity index (χ1) is 10.5. The second kappa shape index (κ2) is 5.63. The lowest BCUT2D eigenvalue weighted by atomic mass is 10.2. The Morgan fingerprint density at radius 2 is 2.05 bits per heavy atom. The highest BCUT2D eigenvalue weighted by atomic mass is 16.5. The van der Waals surface area contributed by atoms with Crippen LogP contribution in [0.2, 0.25) is 0 Å². The molecule has 6 heteroatoms. The Hall–Kier alpha value is -2.63. The minimum atomic E-state index is -0.377. The zero-order valence-electron chi connectivity index (χ0n) is 12.7. The number of nitrogens with zero attached hydrogens (tertiary/aromatic N) is 3. The van der Waals surface area contributed by atoms with Crippen molar-refractivity contribution in [3.05, 3.63) is 52.4 Å². The summed E-state index contributed by atoms with van der Waals surface area (Å²) < 4.78 is 12.7. The molecule has 3 aromatic rings. The standard InChI is InChI=1S/C16H17N3O3/c1-10(2)19-11(3)17-15(18-19)9-21-13-6-4-12-5-7-16(20)22-14(12)8-13/h4-8,10H,9H2,1-3H3. The summed E-state index contributed by atoms with van der Waals surface area (Å²) in [6.07, 6.45) is 0. The molecule has 1 aromatic carbocycles. The summed E-state index contributed by atoms with van der Waals surface area (Å²) in [7, 11) is 0. The van der Waals surface area contributed by atoms with Crippen molar-refractivity contribution in [3.63, 3.8) is 0 Å². The monoisotopic (exact) mass is 299 g/mol. The first-order valence-electron chi connectivity index (χ1n) is 7.11. The van der Waals surface area contributed by atoms with Gasteiger partial charge in [-0.05, 0) is 39.0 Å². The fourth-order valence-electron chi connectivity index (χ4n) is 2.29. The number of ether oxygens (including phenoxy) is 1. The summed E-state index contributed by atoms with van der Waals surface area (Å²) in [4.78, 5) is 15.6. The fraction of sp³-hybridized carbons (Fsp3) is 0.312. The Labute approximate surface area is 127 Å². The summed E-state index contributed by atoms with van der Waals surface area (Å²) in [5.74, 6) is 2.10. The molecule has 2 heterocycles. The SMILES string of the molecule is Cc1nc(COc2ccc3ccc(=O)oc3c2)nn1C(C)C. The maximum Gasteiger partial charge on any atom is 0.336 e. The van der Waals surface area contributed by atoms with E-state index in [-0.39, 0.29) is 18.3 Å². The van der Waals surface area contributed by atoms with Gasteiger partial charge in [0.25, 0.3) is 0 Å². The van der Waals surface area contributed by atoms with Gasteiger partial charge in [-0.3, -0.25) is 0 Å². The van der Waals surface area contributed by atoms with Crippen LogP contribution in [0.3, 0.4) is 0 Å². The fourth-order valence-corrected chi connectivity index (χ4v) is 2.29. The lowest BCUT2D eigenvalue weighted by Gasteiger charge is -2.06. The Balaban J connectivity index is 1.79. The Bertz CT molecular complexity index is 864. The molecule has 0 atom stereocenters. The predicted octanol–water partition coefficient (Wildman–Crippen LogP) is 2.85. The zero-order valence-corrected chi connectivity index (χ0v) is 12.7. The molecule has 0 aliphatic carbocycles. The molecule has 0 fully saturated rings. The van der Waals surface area contributed by atoms with E-state index >= 15 is 0 Å². The van der Waals surface area contributed by atoms with Crippen molar-refractivity contribution in [1.82, 2.24) is 14.8 Å². The Morgan fingerprint density at radius 1 is 1.27 bits per heavy atom. The van der Waals surface area contributed by atoms with Crippen LogP contribution in [-0.2, 0) is 6.61 Å². The van der Waals surface area contributed by atoms with Crippen LogP contribution in [0.15, 0.2) is 39.5 Å². The normalized spacial score (nSPS) is 11.3. The molecule has 0 saturated heterocycles. The third-order valence-corrected chi connectivity index (χ3v) is 3.30. The molecular weight excluding hydrogens is 282 g/mol. The summed E-state index contributed by atoms with van der Waals surface area (Å²) >= 11 is 0. The Kier molecular flexibility index (Phi) is 3.66. The molecule has 22 heavy (non-hydrogen) atoms. The molecule has 2 aromatic heterocycles. The number of hydrogen-bond acceptors (Lipinski definition) is 5. The largest absolute Gasteiger partial charge is 0.485 e. The number of fused-ring (bicyclic) bond motifs is 1. The topological polar surface area (TPSA) is 70.2 Å². The summed E-state index contributed by atoms with van der Waals surface area (Å²) in [6.45, 7) is 6.29. The molecule has 0 aliphatic heterocycles. The van der Waals surface area contributed by atoms with Gasteiger partial charge in [-0.25, -0.2) is 14.5 Å². The minimum Gasteiger partial charge on any atom is -0.485 e. The molecular formula is C16H17N3O3. The van der Waals surface area contributed by atoms with E-state index in [1.807, 2.05) is 23.7 Å². The molecule has 0 saturated carbocycles. The molecule has 0 amide bonds. The van der Waals surface area contributed by atoms with Gasteiger partial charge in [0.1, 0.15) is 23.8 Å². The van der Waals surface area contributed by atoms with Crippen LogP contribution < -0.4 is 10.4 Å². The lowest BCUT2D eigenvalue weighted by Crippen LogP contribution is -2.05. The van der Waals surface area contributed by atoms with E-state index in [4.69, 9.17) is 9.15 Å². The van der Waals surface area contributed by atoms with E-state index < -0.39 is 0 Å². The van der Waals surface area contributed by atoms with Gasteiger partial charge >= 0.3 is 5.63 Å². The molecule has 0 radical (unpaired) electrons. The van der Waals surface area contributed by atoms with Gasteiger partial charge < -0.3 is 9.15 Å². The molecule has 0 unspecified atom stereocenters. The van der Waals surface area contributed by atoms with Crippen molar-refractivity contribution in [2.75, 3.05) is 0 Å². The third-order valence-electron chi connectivity index (χ3n) is 3.30. The molecule has 114 valence electrons. The molecule has 6 nitrogen and oxygen atoms in total. The average Bonchev–Trinajstić information content (AvgIpc) is 2.86. The first-order valence-corrected chi connectivity index (χ1v) is 7.11. The maximum absolute atomic E-state index is 11.2. The highest BCUT2D eigenvalue weighted by Crippen LogP contribution is 2.20. The van der Waals surface area contributed by atoms with E-state index in [9.17, 15) is 4.79 Å². The molecule has 0 bridgehead atoms. The molecule has 3 rings (SSSR count). The highest BCUT2D eigenvalue weighted by molar-refractivity contribution is 5.77. The average molecular weight is 299 g/mol. The van der Waals surface area contributed by atoms with Gasteiger partial charge in [-0.2, -0.15) is 5.10 Å². The number of hydrogen-bond donors (Lipinski definition) is 0. The first kappa shape index (κ1) is 14.3. The van der Waals surface area contributed by atoms with Gasteiger partial charge in [0.15, 0.2) is 5.82 Å². The van der Waals surface area contributed by atoms with Crippen LogP contribution in [0.4, 0.5) is 0 Å². The smallest absolute Gasteiger partial charge is 0.336 e. The van der Waals surface area contributed by atoms with Crippen molar-refractivity contribution in [2.24, 2.45) is 0 Å². The molecule has 0 aliphatic rings. The number of rotatable bonds is 4. The van der Waals surface area contributed by atoms with Gasteiger partial charge in [0, 0.05) is 23.6 Å². The van der Waals surface area contributed by atoms with E-state index in [1.54, 1.807) is 12.1 Å². The van der Waals surface area contributed by atoms with Crippen molar-refractivity contribution in [2.45, 2.75) is 33.4 Å². The van der Waals surface area contributed by atoms with Crippen LogP contribution in [-0.4, -0.2) is 14.8 Å². The van der Waals surface area contributed by atoms with Gasteiger partial charge in [-0.15, -0.1) is 0 Å². The lowest BCUT2D eigenvalue weighted by molar-refractivity contribution is 0.294. The minimum absolute atomic E-state index is 0.260. The third kappa shape index (κ3) is 2.86. The maximum atomic E-state index is 11.2. The van der Waals surface area contributed by atoms with Crippen molar-refractivity contribution >= 4 is 11.0 Å². The van der Waals surface area contributed by atoms with E-state index in [0.717, 1.165) is 11.2 Å². The van der Waals surface area contributed by atoms with Crippen molar-refractivity contribution in [3.8, 4) is 5.75 Å². The van der Waals surface area contributed by atoms with Gasteiger partial charge in [0.2, 0.25) is 0 Å². The van der Waals surface area contributed by atoms with Gasteiger partial charge in [-0.1, -0.05) is 0 Å². The second-order valence-electron chi connectivity index (χ2n) is 5.36. The van der Waals surface area contributed by atoms with Crippen LogP contribution in [0, 0.1) is 6.92 Å². The van der Waals surface area contributed by atoms with Crippen molar-refractivity contribution in [1.29, 1.82) is 0 Å². The summed E-state index contributed by atoms with van der Waals surface area (Å²) in [5, 5.41) is 5.26. The van der Waals surface area contributed by atoms with E-state index in [2.05, 4.69) is 23.9 Å². The summed E-state index contributed by atoms with van der Waals surface area (Å²) in [5.41, 5.74) is 0.125. The van der Waals surface area contributed by atoms with E-state index in [1.165, 1.54) is 6.07 Å². The van der Waals surface area contributed by atoms with Crippen LogP contribution in [0.5, 0.6) is 5.75 Å². The number of benzene rings is 1. The Morgan fingerprint density at radius 3 is 2.77 bits per heavy atom. The molecule has 0 N–H and O–H groups in total. The quantitative estimate of drug-likeness (QED) is 0.693. The van der Waals surface area contributed by atoms with Crippen molar-refractivity contribution < 1.29 is 9.15 Å². The predicted molar refractivity (Wildman–Crippen MR) is 82.0 cm³/mol. The van der Waals surface area contributed by atoms with Crippen LogP contribution >= 0.6 is 0 Å².